The van der Waals surface area contributed by atoms with E-state index in [9.17, 15) is 8.42 Å². The lowest BCUT2D eigenvalue weighted by Gasteiger charge is -2.16. The number of pyridine rings is 1. The number of rotatable bonds is 5. The maximum atomic E-state index is 11.4. The molecule has 0 bridgehead atoms. The number of nitrogens with zero attached hydrogens (tertiary/aromatic N) is 1. The number of aryl methyl sites for hydroxylation is 1. The van der Waals surface area contributed by atoms with Gasteiger partial charge in [0.2, 0.25) is 0 Å². The zero-order valence-electron chi connectivity index (χ0n) is 9.90. The third-order valence-electron chi connectivity index (χ3n) is 2.35. The first-order chi connectivity index (χ1) is 7.44. The Bertz CT molecular complexity index is 443. The molecule has 0 amide bonds. The highest BCUT2D eigenvalue weighted by Gasteiger charge is 2.13. The lowest BCUT2D eigenvalue weighted by atomic mass is 10.3. The average molecular weight is 242 g/mol. The molecule has 1 N–H and O–H groups in total. The minimum atomic E-state index is -2.93. The normalized spacial score (nSPS) is 13.4. The maximum Gasteiger partial charge on any atom is 0.152 e. The zero-order valence-corrected chi connectivity index (χ0v) is 10.7. The molecule has 1 unspecified atom stereocenters. The van der Waals surface area contributed by atoms with Crippen molar-refractivity contribution in [2.24, 2.45) is 0 Å². The molecular weight excluding hydrogens is 224 g/mol. The van der Waals surface area contributed by atoms with Gasteiger partial charge in [0.25, 0.3) is 0 Å². The first-order valence-electron chi connectivity index (χ1n) is 5.33. The van der Waals surface area contributed by atoms with Gasteiger partial charge in [-0.15, -0.1) is 0 Å². The van der Waals surface area contributed by atoms with Crippen LogP contribution >= 0.6 is 0 Å². The molecule has 1 aromatic rings. The molecule has 0 aliphatic carbocycles. The third kappa shape index (κ3) is 3.81. The summed E-state index contributed by atoms with van der Waals surface area (Å²) in [6.45, 7) is 5.42. The summed E-state index contributed by atoms with van der Waals surface area (Å²) in [6.07, 6.45) is 1.72. The number of nitrogens with one attached hydrogen (secondary N) is 1. The summed E-state index contributed by atoms with van der Waals surface area (Å²) in [6, 6.07) is 3.63. The number of sulfone groups is 1. The molecule has 0 fully saturated rings. The van der Waals surface area contributed by atoms with Gasteiger partial charge in [0.15, 0.2) is 9.84 Å². The highest BCUT2D eigenvalue weighted by atomic mass is 32.2. The van der Waals surface area contributed by atoms with Gasteiger partial charge in [0.1, 0.15) is 0 Å². The monoisotopic (exact) mass is 242 g/mol. The van der Waals surface area contributed by atoms with Crippen LogP contribution in [-0.2, 0) is 9.84 Å². The van der Waals surface area contributed by atoms with Crippen molar-refractivity contribution in [3.05, 3.63) is 24.0 Å². The van der Waals surface area contributed by atoms with Gasteiger partial charge in [-0.2, -0.15) is 0 Å². The third-order valence-corrected chi connectivity index (χ3v) is 4.24. The van der Waals surface area contributed by atoms with Crippen LogP contribution in [0.2, 0.25) is 0 Å². The van der Waals surface area contributed by atoms with E-state index in [0.717, 1.165) is 11.4 Å². The number of hydrogen-bond donors (Lipinski definition) is 1. The molecule has 4 nitrogen and oxygen atoms in total. The van der Waals surface area contributed by atoms with Gasteiger partial charge >= 0.3 is 0 Å². The van der Waals surface area contributed by atoms with Crippen LogP contribution in [0.3, 0.4) is 0 Å². The van der Waals surface area contributed by atoms with Gasteiger partial charge in [0.05, 0.1) is 17.1 Å². The summed E-state index contributed by atoms with van der Waals surface area (Å²) in [5.41, 5.74) is 1.77. The second kappa shape index (κ2) is 5.30. The van der Waals surface area contributed by atoms with Crippen LogP contribution < -0.4 is 5.32 Å². The Labute approximate surface area is 97.0 Å². The van der Waals surface area contributed by atoms with E-state index in [2.05, 4.69) is 10.3 Å². The fourth-order valence-corrected chi connectivity index (χ4v) is 2.52. The molecule has 1 rings (SSSR count). The van der Waals surface area contributed by atoms with Gasteiger partial charge in [-0.25, -0.2) is 8.42 Å². The van der Waals surface area contributed by atoms with Crippen LogP contribution in [-0.4, -0.2) is 30.9 Å². The number of aromatic nitrogens is 1. The van der Waals surface area contributed by atoms with E-state index in [1.54, 1.807) is 13.1 Å². The summed E-state index contributed by atoms with van der Waals surface area (Å²) in [7, 11) is -2.93. The molecule has 0 saturated carbocycles. The molecule has 90 valence electrons. The molecule has 0 aromatic carbocycles. The van der Waals surface area contributed by atoms with Gasteiger partial charge in [-0.3, -0.25) is 4.98 Å². The predicted molar refractivity (Wildman–Crippen MR) is 66.4 cm³/mol. The summed E-state index contributed by atoms with van der Waals surface area (Å²) in [5, 5.41) is 3.16. The summed E-state index contributed by atoms with van der Waals surface area (Å²) in [4.78, 5) is 4.14. The standard InChI is InChI=1S/C11H18N2O2S/c1-4-16(14,15)8-9(2)13-11-6-5-7-12-10(11)3/h5-7,9,13H,4,8H2,1-3H3. The van der Waals surface area contributed by atoms with Crippen molar-refractivity contribution in [2.45, 2.75) is 26.8 Å². The SMILES string of the molecule is CCS(=O)(=O)CC(C)Nc1cccnc1C. The summed E-state index contributed by atoms with van der Waals surface area (Å²) in [5.74, 6) is 0.336. The Morgan fingerprint density at radius 1 is 1.50 bits per heavy atom. The largest absolute Gasteiger partial charge is 0.380 e. The van der Waals surface area contributed by atoms with E-state index in [1.807, 2.05) is 26.0 Å². The second-order valence-electron chi connectivity index (χ2n) is 3.88. The quantitative estimate of drug-likeness (QED) is 0.852. The van der Waals surface area contributed by atoms with Crippen LogP contribution in [0.15, 0.2) is 18.3 Å². The fourth-order valence-electron chi connectivity index (χ4n) is 1.44. The van der Waals surface area contributed by atoms with E-state index in [4.69, 9.17) is 0 Å². The lowest BCUT2D eigenvalue weighted by molar-refractivity contribution is 0.593. The van der Waals surface area contributed by atoms with Crippen LogP contribution in [0.4, 0.5) is 5.69 Å². The Balaban J connectivity index is 2.66. The number of hydrogen-bond acceptors (Lipinski definition) is 4. The van der Waals surface area contributed by atoms with Crippen molar-refractivity contribution in [1.29, 1.82) is 0 Å². The Kier molecular flexibility index (Phi) is 4.29. The number of anilines is 1. The van der Waals surface area contributed by atoms with Crippen LogP contribution in [0, 0.1) is 6.92 Å². The van der Waals surface area contributed by atoms with Crippen molar-refractivity contribution in [3.8, 4) is 0 Å². The summed E-state index contributed by atoms with van der Waals surface area (Å²) < 4.78 is 22.9. The lowest BCUT2D eigenvalue weighted by Crippen LogP contribution is -2.27. The fraction of sp³-hybridized carbons (Fsp3) is 0.545. The van der Waals surface area contributed by atoms with Crippen molar-refractivity contribution in [2.75, 3.05) is 16.8 Å². The van der Waals surface area contributed by atoms with E-state index in [0.29, 0.717) is 0 Å². The minimum Gasteiger partial charge on any atom is -0.380 e. The van der Waals surface area contributed by atoms with Crippen LogP contribution in [0.5, 0.6) is 0 Å². The first-order valence-corrected chi connectivity index (χ1v) is 7.15. The van der Waals surface area contributed by atoms with Gasteiger partial charge in [-0.1, -0.05) is 6.92 Å². The van der Waals surface area contributed by atoms with E-state index < -0.39 is 9.84 Å². The molecule has 1 atom stereocenters. The van der Waals surface area contributed by atoms with Crippen molar-refractivity contribution >= 4 is 15.5 Å². The highest BCUT2D eigenvalue weighted by molar-refractivity contribution is 7.91. The van der Waals surface area contributed by atoms with Crippen molar-refractivity contribution < 1.29 is 8.42 Å². The molecular formula is C11H18N2O2S. The van der Waals surface area contributed by atoms with E-state index in [-0.39, 0.29) is 17.5 Å². The molecule has 0 saturated heterocycles. The molecule has 1 heterocycles. The summed E-state index contributed by atoms with van der Waals surface area (Å²) >= 11 is 0. The van der Waals surface area contributed by atoms with Crippen molar-refractivity contribution in [3.63, 3.8) is 0 Å². The van der Waals surface area contributed by atoms with Gasteiger partial charge < -0.3 is 5.32 Å². The predicted octanol–water partition coefficient (Wildman–Crippen LogP) is 1.63. The topological polar surface area (TPSA) is 59.1 Å². The van der Waals surface area contributed by atoms with Gasteiger partial charge in [-0.05, 0) is 26.0 Å². The molecule has 0 spiro atoms. The maximum absolute atomic E-state index is 11.4. The molecule has 16 heavy (non-hydrogen) atoms. The Hall–Kier alpha value is -1.10. The van der Waals surface area contributed by atoms with Crippen molar-refractivity contribution in [1.82, 2.24) is 4.98 Å². The molecule has 0 aliphatic rings. The van der Waals surface area contributed by atoms with Crippen LogP contribution in [0.1, 0.15) is 19.5 Å². The molecule has 0 aliphatic heterocycles. The molecule has 5 heteroatoms. The van der Waals surface area contributed by atoms with E-state index in [1.165, 1.54) is 0 Å². The molecule has 0 radical (unpaired) electrons. The van der Waals surface area contributed by atoms with E-state index >= 15 is 0 Å². The smallest absolute Gasteiger partial charge is 0.152 e. The first kappa shape index (κ1) is 13.0. The van der Waals surface area contributed by atoms with Gasteiger partial charge in [0, 0.05) is 18.0 Å². The zero-order chi connectivity index (χ0) is 12.2. The highest BCUT2D eigenvalue weighted by Crippen LogP contribution is 2.12. The average Bonchev–Trinajstić information content (AvgIpc) is 2.21. The second-order valence-corrected chi connectivity index (χ2v) is 6.28. The minimum absolute atomic E-state index is 0.104. The van der Waals surface area contributed by atoms with Crippen LogP contribution in [0.25, 0.3) is 0 Å². The molecule has 1 aromatic heterocycles. The Morgan fingerprint density at radius 3 is 2.75 bits per heavy atom. The Morgan fingerprint density at radius 2 is 2.19 bits per heavy atom.